The Bertz CT molecular complexity index is 595. The Hall–Kier alpha value is -1.04. The lowest BCUT2D eigenvalue weighted by atomic mass is 10.3. The fourth-order valence-electron chi connectivity index (χ4n) is 1.33. The SMILES string of the molecule is CCNc1ncc(Cl)c(Oc2ccc(Br)cc2Cl)n1. The van der Waals surface area contributed by atoms with Gasteiger partial charge in [-0.05, 0) is 25.1 Å². The number of nitrogens with one attached hydrogen (secondary N) is 1. The number of hydrogen-bond donors (Lipinski definition) is 1. The molecule has 4 nitrogen and oxygen atoms in total. The van der Waals surface area contributed by atoms with Gasteiger partial charge >= 0.3 is 0 Å². The summed E-state index contributed by atoms with van der Waals surface area (Å²) in [6, 6.07) is 5.29. The maximum Gasteiger partial charge on any atom is 0.243 e. The smallest absolute Gasteiger partial charge is 0.243 e. The maximum atomic E-state index is 6.08. The molecule has 0 unspecified atom stereocenters. The molecule has 2 aromatic rings. The monoisotopic (exact) mass is 361 g/mol. The summed E-state index contributed by atoms with van der Waals surface area (Å²) >= 11 is 15.4. The molecule has 0 radical (unpaired) electrons. The molecule has 0 aliphatic heterocycles. The van der Waals surface area contributed by atoms with Gasteiger partial charge < -0.3 is 10.1 Å². The van der Waals surface area contributed by atoms with E-state index in [4.69, 9.17) is 27.9 Å². The van der Waals surface area contributed by atoms with Gasteiger partial charge in [0.15, 0.2) is 0 Å². The van der Waals surface area contributed by atoms with Crippen LogP contribution in [0.2, 0.25) is 10.0 Å². The molecule has 0 saturated heterocycles. The molecule has 0 amide bonds. The van der Waals surface area contributed by atoms with Crippen LogP contribution in [0.15, 0.2) is 28.9 Å². The number of rotatable bonds is 4. The Morgan fingerprint density at radius 2 is 2.11 bits per heavy atom. The molecule has 0 bridgehead atoms. The zero-order chi connectivity index (χ0) is 13.8. The minimum atomic E-state index is 0.261. The van der Waals surface area contributed by atoms with Crippen LogP contribution in [0, 0.1) is 0 Å². The molecule has 1 aromatic heterocycles. The van der Waals surface area contributed by atoms with E-state index in [1.807, 2.05) is 13.0 Å². The third-order valence-corrected chi connectivity index (χ3v) is 3.20. The van der Waals surface area contributed by atoms with Gasteiger partial charge in [-0.2, -0.15) is 4.98 Å². The Morgan fingerprint density at radius 1 is 1.32 bits per heavy atom. The van der Waals surface area contributed by atoms with E-state index in [9.17, 15) is 0 Å². The van der Waals surface area contributed by atoms with Gasteiger partial charge in [0, 0.05) is 11.0 Å². The molecule has 0 aliphatic carbocycles. The van der Waals surface area contributed by atoms with Crippen LogP contribution in [-0.4, -0.2) is 16.5 Å². The Balaban J connectivity index is 2.29. The van der Waals surface area contributed by atoms with Crippen LogP contribution in [0.1, 0.15) is 6.92 Å². The van der Waals surface area contributed by atoms with Crippen LogP contribution in [0.4, 0.5) is 5.95 Å². The molecular formula is C12H10BrCl2N3O. The van der Waals surface area contributed by atoms with E-state index in [1.54, 1.807) is 12.1 Å². The van der Waals surface area contributed by atoms with Crippen molar-refractivity contribution in [3.05, 3.63) is 38.9 Å². The normalized spacial score (nSPS) is 10.3. The van der Waals surface area contributed by atoms with Gasteiger partial charge in [0.05, 0.1) is 11.2 Å². The highest BCUT2D eigenvalue weighted by Crippen LogP contribution is 2.33. The predicted molar refractivity (Wildman–Crippen MR) is 80.4 cm³/mol. The number of halogens is 3. The molecule has 19 heavy (non-hydrogen) atoms. The van der Waals surface area contributed by atoms with E-state index in [0.29, 0.717) is 28.3 Å². The summed E-state index contributed by atoms with van der Waals surface area (Å²) in [6.45, 7) is 2.66. The topological polar surface area (TPSA) is 47.0 Å². The lowest BCUT2D eigenvalue weighted by Gasteiger charge is -2.09. The molecule has 1 heterocycles. The fraction of sp³-hybridized carbons (Fsp3) is 0.167. The molecule has 1 aromatic carbocycles. The van der Waals surface area contributed by atoms with Crippen molar-refractivity contribution in [1.29, 1.82) is 0 Å². The van der Waals surface area contributed by atoms with Gasteiger partial charge in [0.1, 0.15) is 10.8 Å². The quantitative estimate of drug-likeness (QED) is 0.850. The third kappa shape index (κ3) is 3.72. The van der Waals surface area contributed by atoms with Crippen LogP contribution in [0.3, 0.4) is 0 Å². The lowest BCUT2D eigenvalue weighted by molar-refractivity contribution is 0.463. The van der Waals surface area contributed by atoms with Crippen LogP contribution < -0.4 is 10.1 Å². The standard InChI is InChI=1S/C12H10BrCl2N3O/c1-2-16-12-17-6-9(15)11(18-12)19-10-4-3-7(13)5-8(10)14/h3-6H,2H2,1H3,(H,16,17,18). The highest BCUT2D eigenvalue weighted by molar-refractivity contribution is 9.10. The summed E-state index contributed by atoms with van der Waals surface area (Å²) < 4.78 is 6.47. The molecule has 0 saturated carbocycles. The highest BCUT2D eigenvalue weighted by atomic mass is 79.9. The summed E-state index contributed by atoms with van der Waals surface area (Å²) in [7, 11) is 0. The summed E-state index contributed by atoms with van der Waals surface area (Å²) in [5.41, 5.74) is 0. The molecule has 2 rings (SSSR count). The summed E-state index contributed by atoms with van der Waals surface area (Å²) in [6.07, 6.45) is 1.48. The number of benzene rings is 1. The maximum absolute atomic E-state index is 6.08. The average Bonchev–Trinajstić information content (AvgIpc) is 2.37. The molecule has 100 valence electrons. The van der Waals surface area contributed by atoms with E-state index in [-0.39, 0.29) is 5.88 Å². The molecular weight excluding hydrogens is 353 g/mol. The Morgan fingerprint density at radius 3 is 2.79 bits per heavy atom. The van der Waals surface area contributed by atoms with Gasteiger partial charge in [0.25, 0.3) is 0 Å². The zero-order valence-electron chi connectivity index (χ0n) is 9.95. The summed E-state index contributed by atoms with van der Waals surface area (Å²) in [5.74, 6) is 1.19. The van der Waals surface area contributed by atoms with Gasteiger partial charge in [0.2, 0.25) is 11.8 Å². The van der Waals surface area contributed by atoms with Crippen LogP contribution in [0.25, 0.3) is 0 Å². The molecule has 1 N–H and O–H groups in total. The van der Waals surface area contributed by atoms with Gasteiger partial charge in [-0.15, -0.1) is 0 Å². The lowest BCUT2D eigenvalue weighted by Crippen LogP contribution is -2.03. The van der Waals surface area contributed by atoms with Crippen molar-refractivity contribution in [2.75, 3.05) is 11.9 Å². The Kier molecular flexibility index (Phi) is 4.85. The highest BCUT2D eigenvalue weighted by Gasteiger charge is 2.10. The van der Waals surface area contributed by atoms with Gasteiger partial charge in [-0.3, -0.25) is 0 Å². The number of nitrogens with zero attached hydrogens (tertiary/aromatic N) is 2. The van der Waals surface area contributed by atoms with Crippen LogP contribution >= 0.6 is 39.1 Å². The minimum absolute atomic E-state index is 0.261. The first kappa shape index (κ1) is 14.4. The first-order chi connectivity index (χ1) is 9.10. The average molecular weight is 363 g/mol. The number of ether oxygens (including phenoxy) is 1. The van der Waals surface area contributed by atoms with Crippen molar-refractivity contribution in [3.63, 3.8) is 0 Å². The Labute approximate surface area is 129 Å². The second-order valence-electron chi connectivity index (χ2n) is 3.55. The van der Waals surface area contributed by atoms with Crippen LogP contribution in [0.5, 0.6) is 11.6 Å². The van der Waals surface area contributed by atoms with Crippen LogP contribution in [-0.2, 0) is 0 Å². The predicted octanol–water partition coefficient (Wildman–Crippen LogP) is 4.77. The number of aromatic nitrogens is 2. The van der Waals surface area contributed by atoms with E-state index >= 15 is 0 Å². The molecule has 0 aliphatic rings. The van der Waals surface area contributed by atoms with Crippen molar-refractivity contribution >= 4 is 45.1 Å². The first-order valence-electron chi connectivity index (χ1n) is 5.49. The van der Waals surface area contributed by atoms with Crippen molar-refractivity contribution in [2.45, 2.75) is 6.92 Å². The minimum Gasteiger partial charge on any atom is -0.436 e. The first-order valence-corrected chi connectivity index (χ1v) is 7.04. The fourth-order valence-corrected chi connectivity index (χ4v) is 2.17. The molecule has 0 spiro atoms. The second-order valence-corrected chi connectivity index (χ2v) is 5.28. The largest absolute Gasteiger partial charge is 0.436 e. The number of anilines is 1. The number of hydrogen-bond acceptors (Lipinski definition) is 4. The second kappa shape index (κ2) is 6.41. The van der Waals surface area contributed by atoms with E-state index < -0.39 is 0 Å². The van der Waals surface area contributed by atoms with Crippen molar-refractivity contribution in [3.8, 4) is 11.6 Å². The third-order valence-electron chi connectivity index (χ3n) is 2.15. The van der Waals surface area contributed by atoms with Gasteiger partial charge in [-0.25, -0.2) is 4.98 Å². The van der Waals surface area contributed by atoms with E-state index in [2.05, 4.69) is 31.2 Å². The van der Waals surface area contributed by atoms with E-state index in [1.165, 1.54) is 6.20 Å². The van der Waals surface area contributed by atoms with E-state index in [0.717, 1.165) is 4.47 Å². The van der Waals surface area contributed by atoms with Crippen molar-refractivity contribution in [2.24, 2.45) is 0 Å². The van der Waals surface area contributed by atoms with Crippen molar-refractivity contribution < 1.29 is 4.74 Å². The summed E-state index contributed by atoms with van der Waals surface area (Å²) in [4.78, 5) is 8.21. The molecule has 7 heteroatoms. The van der Waals surface area contributed by atoms with Gasteiger partial charge in [-0.1, -0.05) is 39.1 Å². The molecule has 0 fully saturated rings. The summed E-state index contributed by atoms with van der Waals surface area (Å²) in [5, 5.41) is 3.77. The zero-order valence-corrected chi connectivity index (χ0v) is 13.1. The molecule has 0 atom stereocenters. The van der Waals surface area contributed by atoms with Crippen molar-refractivity contribution in [1.82, 2.24) is 9.97 Å².